The average molecular weight is 526 g/mol. The smallest absolute Gasteiger partial charge is 0.261 e. The van der Waals surface area contributed by atoms with Gasteiger partial charge in [-0.3, -0.25) is 14.9 Å². The van der Waals surface area contributed by atoms with Crippen molar-refractivity contribution in [1.29, 1.82) is 0 Å². The number of benzene rings is 4. The summed E-state index contributed by atoms with van der Waals surface area (Å²) in [5.41, 5.74) is 2.51. The van der Waals surface area contributed by atoms with Crippen LogP contribution in [0, 0.1) is 0 Å². The molecule has 7 nitrogen and oxygen atoms in total. The molecule has 0 heterocycles. The number of thiocarbonyl (C=S) groups is 1. The largest absolute Gasteiger partial charge is 0.490 e. The van der Waals surface area contributed by atoms with Crippen LogP contribution in [0.4, 0.5) is 11.4 Å². The summed E-state index contributed by atoms with van der Waals surface area (Å²) in [7, 11) is 0. The highest BCUT2D eigenvalue weighted by Gasteiger charge is 2.14. The monoisotopic (exact) mass is 525 g/mol. The third-order valence-electron chi connectivity index (χ3n) is 5.32. The first-order valence-corrected chi connectivity index (χ1v) is 12.4. The Kier molecular flexibility index (Phi) is 9.42. The fourth-order valence-electron chi connectivity index (χ4n) is 3.60. The molecule has 0 aliphatic heterocycles. The Hall–Kier alpha value is -4.69. The van der Waals surface area contributed by atoms with Gasteiger partial charge in [-0.15, -0.1) is 0 Å². The van der Waals surface area contributed by atoms with Crippen LogP contribution >= 0.6 is 12.2 Å². The highest BCUT2D eigenvalue weighted by Crippen LogP contribution is 2.19. The predicted molar refractivity (Wildman–Crippen MR) is 153 cm³/mol. The van der Waals surface area contributed by atoms with Crippen molar-refractivity contribution in [1.82, 2.24) is 5.32 Å². The van der Waals surface area contributed by atoms with Crippen LogP contribution in [-0.4, -0.2) is 30.1 Å². The standard InChI is InChI=1S/C30H27N3O4S/c34-28(20-22-10-3-1-4-11-22)31-23-12-9-13-24(21-23)32-30(38)33-29(35)26-16-7-8-17-27(26)37-19-18-36-25-14-5-2-6-15-25/h1-17,21H,18-20H2,(H,31,34)(H2,32,33,35,38). The quantitative estimate of drug-likeness (QED) is 0.188. The minimum Gasteiger partial charge on any atom is -0.490 e. The minimum atomic E-state index is -0.408. The highest BCUT2D eigenvalue weighted by molar-refractivity contribution is 7.80. The Morgan fingerprint density at radius 1 is 0.684 bits per heavy atom. The summed E-state index contributed by atoms with van der Waals surface area (Å²) in [6.07, 6.45) is 0.271. The van der Waals surface area contributed by atoms with Crippen LogP contribution in [0.25, 0.3) is 0 Å². The van der Waals surface area contributed by atoms with E-state index in [1.807, 2.05) is 60.7 Å². The second-order valence-corrected chi connectivity index (χ2v) is 8.61. The van der Waals surface area contributed by atoms with Crippen molar-refractivity contribution in [3.8, 4) is 11.5 Å². The molecule has 4 aromatic carbocycles. The van der Waals surface area contributed by atoms with Gasteiger partial charge in [0.2, 0.25) is 5.91 Å². The molecule has 4 aromatic rings. The van der Waals surface area contributed by atoms with Gasteiger partial charge >= 0.3 is 0 Å². The van der Waals surface area contributed by atoms with E-state index in [-0.39, 0.29) is 24.0 Å². The first-order chi connectivity index (χ1) is 18.6. The number of carbonyl (C=O) groups excluding carboxylic acids is 2. The first kappa shape index (κ1) is 26.4. The Morgan fingerprint density at radius 2 is 1.32 bits per heavy atom. The molecule has 0 saturated heterocycles. The van der Waals surface area contributed by atoms with Gasteiger partial charge in [0.15, 0.2) is 5.11 Å². The van der Waals surface area contributed by atoms with E-state index in [0.717, 1.165) is 11.3 Å². The summed E-state index contributed by atoms with van der Waals surface area (Å²) in [6.45, 7) is 0.600. The third-order valence-corrected chi connectivity index (χ3v) is 5.53. The highest BCUT2D eigenvalue weighted by atomic mass is 32.1. The zero-order chi connectivity index (χ0) is 26.6. The van der Waals surface area contributed by atoms with E-state index in [4.69, 9.17) is 21.7 Å². The van der Waals surface area contributed by atoms with Gasteiger partial charge in [0.1, 0.15) is 24.7 Å². The van der Waals surface area contributed by atoms with Crippen molar-refractivity contribution < 1.29 is 19.1 Å². The third kappa shape index (κ3) is 8.18. The van der Waals surface area contributed by atoms with Crippen molar-refractivity contribution in [2.45, 2.75) is 6.42 Å². The molecule has 0 unspecified atom stereocenters. The van der Waals surface area contributed by atoms with E-state index >= 15 is 0 Å². The van der Waals surface area contributed by atoms with E-state index in [1.54, 1.807) is 48.5 Å². The van der Waals surface area contributed by atoms with Gasteiger partial charge in [-0.05, 0) is 60.2 Å². The lowest BCUT2D eigenvalue weighted by Gasteiger charge is -2.14. The van der Waals surface area contributed by atoms with Crippen LogP contribution in [0.15, 0.2) is 109 Å². The molecule has 0 fully saturated rings. The molecule has 0 bridgehead atoms. The first-order valence-electron chi connectivity index (χ1n) is 12.0. The van der Waals surface area contributed by atoms with Gasteiger partial charge in [-0.25, -0.2) is 0 Å². The van der Waals surface area contributed by atoms with E-state index in [2.05, 4.69) is 16.0 Å². The zero-order valence-corrected chi connectivity index (χ0v) is 21.4. The Morgan fingerprint density at radius 3 is 2.08 bits per heavy atom. The molecule has 4 rings (SSSR count). The van der Waals surface area contributed by atoms with Crippen LogP contribution in [-0.2, 0) is 11.2 Å². The number of amides is 2. The van der Waals surface area contributed by atoms with Crippen molar-refractivity contribution >= 4 is 40.5 Å². The van der Waals surface area contributed by atoms with Crippen LogP contribution < -0.4 is 25.4 Å². The molecular weight excluding hydrogens is 498 g/mol. The number of para-hydroxylation sites is 2. The fraction of sp³-hybridized carbons (Fsp3) is 0.100. The number of hydrogen-bond acceptors (Lipinski definition) is 5. The van der Waals surface area contributed by atoms with Gasteiger partial charge in [-0.2, -0.15) is 0 Å². The number of anilines is 2. The van der Waals surface area contributed by atoms with Crippen LogP contribution in [0.5, 0.6) is 11.5 Å². The maximum absolute atomic E-state index is 12.9. The number of hydrogen-bond donors (Lipinski definition) is 3. The van der Waals surface area contributed by atoms with E-state index in [1.165, 1.54) is 0 Å². The number of ether oxygens (including phenoxy) is 2. The van der Waals surface area contributed by atoms with Gasteiger partial charge in [0, 0.05) is 11.4 Å². The van der Waals surface area contributed by atoms with Crippen LogP contribution in [0.3, 0.4) is 0 Å². The van der Waals surface area contributed by atoms with Gasteiger partial charge in [-0.1, -0.05) is 66.7 Å². The van der Waals surface area contributed by atoms with Crippen LogP contribution in [0.2, 0.25) is 0 Å². The van der Waals surface area contributed by atoms with Crippen molar-refractivity contribution in [2.24, 2.45) is 0 Å². The maximum atomic E-state index is 12.9. The Balaban J connectivity index is 1.28. The minimum absolute atomic E-state index is 0.116. The predicted octanol–water partition coefficient (Wildman–Crippen LogP) is 5.45. The number of nitrogens with one attached hydrogen (secondary N) is 3. The zero-order valence-electron chi connectivity index (χ0n) is 20.6. The molecule has 8 heteroatoms. The second kappa shape index (κ2) is 13.6. The maximum Gasteiger partial charge on any atom is 0.261 e. The molecule has 192 valence electrons. The topological polar surface area (TPSA) is 88.7 Å². The summed E-state index contributed by atoms with van der Waals surface area (Å²) in [5, 5.41) is 8.65. The molecule has 0 saturated carbocycles. The molecule has 0 spiro atoms. The van der Waals surface area contributed by atoms with Gasteiger partial charge < -0.3 is 20.1 Å². The Labute approximate surface area is 226 Å². The molecule has 0 aliphatic rings. The Bertz CT molecular complexity index is 1380. The van der Waals surface area contributed by atoms with Crippen molar-refractivity contribution in [3.63, 3.8) is 0 Å². The molecule has 0 aliphatic carbocycles. The number of carbonyl (C=O) groups is 2. The van der Waals surface area contributed by atoms with E-state index in [0.29, 0.717) is 29.3 Å². The number of rotatable bonds is 10. The molecule has 0 atom stereocenters. The summed E-state index contributed by atoms with van der Waals surface area (Å²) in [4.78, 5) is 25.3. The summed E-state index contributed by atoms with van der Waals surface area (Å²) >= 11 is 5.34. The lowest BCUT2D eigenvalue weighted by Crippen LogP contribution is -2.34. The van der Waals surface area contributed by atoms with E-state index in [9.17, 15) is 9.59 Å². The normalized spacial score (nSPS) is 10.2. The average Bonchev–Trinajstić information content (AvgIpc) is 2.92. The van der Waals surface area contributed by atoms with Crippen molar-refractivity contribution in [2.75, 3.05) is 23.8 Å². The molecule has 2 amide bonds. The second-order valence-electron chi connectivity index (χ2n) is 8.21. The summed E-state index contributed by atoms with van der Waals surface area (Å²) in [5.74, 6) is 0.635. The molecule has 0 aromatic heterocycles. The van der Waals surface area contributed by atoms with E-state index < -0.39 is 5.91 Å². The lowest BCUT2D eigenvalue weighted by molar-refractivity contribution is -0.115. The summed E-state index contributed by atoms with van der Waals surface area (Å²) < 4.78 is 11.4. The molecular formula is C30H27N3O4S. The van der Waals surface area contributed by atoms with Gasteiger partial charge in [0.05, 0.1) is 12.0 Å². The molecule has 0 radical (unpaired) electrons. The fourth-order valence-corrected chi connectivity index (χ4v) is 3.81. The van der Waals surface area contributed by atoms with Crippen molar-refractivity contribution in [3.05, 3.63) is 120 Å². The van der Waals surface area contributed by atoms with Gasteiger partial charge in [0.25, 0.3) is 5.91 Å². The molecule has 3 N–H and O–H groups in total. The molecule has 38 heavy (non-hydrogen) atoms. The lowest BCUT2D eigenvalue weighted by atomic mass is 10.1. The summed E-state index contributed by atoms with van der Waals surface area (Å²) in [6, 6.07) is 33.0. The van der Waals surface area contributed by atoms with Crippen LogP contribution in [0.1, 0.15) is 15.9 Å². The SMILES string of the molecule is O=C(Cc1ccccc1)Nc1cccc(NC(=S)NC(=O)c2ccccc2OCCOc2ccccc2)c1.